The standard InChI is InChI=1S/C20H21BrFNO/c1-2-20(19(23)24,16-4-3-5-17(21)11-16)12-15-10-14(13-6-7-13)8-9-18(15)22/h3-5,8-11,13H,2,6-7,12H2,1H3,(H2,23,24). The van der Waals surface area contributed by atoms with Crippen LogP contribution in [0.4, 0.5) is 4.39 Å². The van der Waals surface area contributed by atoms with Gasteiger partial charge in [0, 0.05) is 4.47 Å². The Morgan fingerprint density at radius 2 is 2.04 bits per heavy atom. The molecule has 0 aromatic heterocycles. The van der Waals surface area contributed by atoms with E-state index in [2.05, 4.69) is 15.9 Å². The van der Waals surface area contributed by atoms with E-state index in [1.54, 1.807) is 0 Å². The predicted octanol–water partition coefficient (Wildman–Crippen LogP) is 4.84. The fourth-order valence-electron chi connectivity index (χ4n) is 3.35. The summed E-state index contributed by atoms with van der Waals surface area (Å²) < 4.78 is 15.3. The minimum absolute atomic E-state index is 0.270. The first kappa shape index (κ1) is 17.2. The molecule has 2 aromatic rings. The number of hydrogen-bond acceptors (Lipinski definition) is 1. The van der Waals surface area contributed by atoms with Gasteiger partial charge in [0.2, 0.25) is 5.91 Å². The number of hydrogen-bond donors (Lipinski definition) is 1. The highest BCUT2D eigenvalue weighted by atomic mass is 79.9. The molecule has 2 N–H and O–H groups in total. The third-order valence-electron chi connectivity index (χ3n) is 5.06. The summed E-state index contributed by atoms with van der Waals surface area (Å²) in [5, 5.41) is 0. The van der Waals surface area contributed by atoms with Crippen molar-refractivity contribution in [2.24, 2.45) is 5.73 Å². The Kier molecular flexibility index (Phi) is 4.77. The molecular formula is C20H21BrFNO. The van der Waals surface area contributed by atoms with Gasteiger partial charge in [-0.2, -0.15) is 0 Å². The summed E-state index contributed by atoms with van der Waals surface area (Å²) in [6.07, 6.45) is 3.12. The summed E-state index contributed by atoms with van der Waals surface area (Å²) in [5.41, 5.74) is 7.44. The van der Waals surface area contributed by atoms with Crippen molar-refractivity contribution in [1.29, 1.82) is 0 Å². The van der Waals surface area contributed by atoms with E-state index in [4.69, 9.17) is 5.73 Å². The predicted molar refractivity (Wildman–Crippen MR) is 97.4 cm³/mol. The number of halogens is 2. The van der Waals surface area contributed by atoms with Crippen molar-refractivity contribution in [2.45, 2.75) is 43.9 Å². The van der Waals surface area contributed by atoms with E-state index in [1.807, 2.05) is 43.3 Å². The number of rotatable bonds is 6. The SMILES string of the molecule is CCC(Cc1cc(C2CC2)ccc1F)(C(N)=O)c1cccc(Br)c1. The van der Waals surface area contributed by atoms with Gasteiger partial charge >= 0.3 is 0 Å². The third kappa shape index (κ3) is 3.25. The fraction of sp³-hybridized carbons (Fsp3) is 0.350. The van der Waals surface area contributed by atoms with Crippen molar-refractivity contribution >= 4 is 21.8 Å². The van der Waals surface area contributed by atoms with Gasteiger partial charge in [-0.25, -0.2) is 4.39 Å². The van der Waals surface area contributed by atoms with Crippen LogP contribution in [0.15, 0.2) is 46.9 Å². The maximum Gasteiger partial charge on any atom is 0.228 e. The van der Waals surface area contributed by atoms with Gasteiger partial charge in [-0.3, -0.25) is 4.79 Å². The van der Waals surface area contributed by atoms with Crippen LogP contribution in [0.1, 0.15) is 48.8 Å². The lowest BCUT2D eigenvalue weighted by Crippen LogP contribution is -2.43. The first-order valence-electron chi connectivity index (χ1n) is 8.30. The van der Waals surface area contributed by atoms with Gasteiger partial charge in [-0.1, -0.05) is 47.1 Å². The lowest BCUT2D eigenvalue weighted by atomic mass is 9.72. The monoisotopic (exact) mass is 389 g/mol. The van der Waals surface area contributed by atoms with Crippen LogP contribution < -0.4 is 5.73 Å². The molecule has 1 aliphatic carbocycles. The zero-order chi connectivity index (χ0) is 17.3. The molecule has 4 heteroatoms. The molecular weight excluding hydrogens is 369 g/mol. The van der Waals surface area contributed by atoms with Crippen LogP contribution in [0.3, 0.4) is 0 Å². The van der Waals surface area contributed by atoms with Gasteiger partial charge in [-0.15, -0.1) is 0 Å². The van der Waals surface area contributed by atoms with Gasteiger partial charge in [0.05, 0.1) is 5.41 Å². The number of benzene rings is 2. The van der Waals surface area contributed by atoms with E-state index in [0.717, 1.165) is 28.4 Å². The molecule has 0 aliphatic heterocycles. The van der Waals surface area contributed by atoms with Crippen molar-refractivity contribution in [2.75, 3.05) is 0 Å². The largest absolute Gasteiger partial charge is 0.369 e. The summed E-state index contributed by atoms with van der Waals surface area (Å²) in [6, 6.07) is 12.9. The molecule has 1 atom stereocenters. The number of primary amides is 1. The van der Waals surface area contributed by atoms with E-state index >= 15 is 0 Å². The van der Waals surface area contributed by atoms with Crippen molar-refractivity contribution in [3.63, 3.8) is 0 Å². The third-order valence-corrected chi connectivity index (χ3v) is 5.56. The minimum Gasteiger partial charge on any atom is -0.369 e. The van der Waals surface area contributed by atoms with Crippen LogP contribution in [0, 0.1) is 5.82 Å². The molecule has 0 spiro atoms. The van der Waals surface area contributed by atoms with Crippen molar-refractivity contribution < 1.29 is 9.18 Å². The van der Waals surface area contributed by atoms with E-state index in [0.29, 0.717) is 17.9 Å². The number of nitrogens with two attached hydrogens (primary N) is 1. The molecule has 126 valence electrons. The van der Waals surface area contributed by atoms with Crippen LogP contribution in [-0.4, -0.2) is 5.91 Å². The first-order valence-corrected chi connectivity index (χ1v) is 9.10. The van der Waals surface area contributed by atoms with Gasteiger partial charge in [0.1, 0.15) is 5.82 Å². The van der Waals surface area contributed by atoms with Crippen LogP contribution in [0.25, 0.3) is 0 Å². The maximum atomic E-state index is 14.4. The molecule has 0 saturated heterocycles. The molecule has 1 amide bonds. The molecule has 24 heavy (non-hydrogen) atoms. The molecule has 0 heterocycles. The summed E-state index contributed by atoms with van der Waals surface area (Å²) in [6.45, 7) is 1.92. The maximum absolute atomic E-state index is 14.4. The summed E-state index contributed by atoms with van der Waals surface area (Å²) in [4.78, 5) is 12.4. The van der Waals surface area contributed by atoms with E-state index in [-0.39, 0.29) is 12.2 Å². The molecule has 1 aliphatic rings. The molecule has 1 saturated carbocycles. The molecule has 0 radical (unpaired) electrons. The van der Waals surface area contributed by atoms with Crippen LogP contribution in [0.2, 0.25) is 0 Å². The second kappa shape index (κ2) is 6.67. The van der Waals surface area contributed by atoms with Crippen molar-refractivity contribution in [1.82, 2.24) is 0 Å². The highest BCUT2D eigenvalue weighted by Gasteiger charge is 2.38. The average molecular weight is 390 g/mol. The zero-order valence-electron chi connectivity index (χ0n) is 13.7. The van der Waals surface area contributed by atoms with Crippen LogP contribution >= 0.6 is 15.9 Å². The first-order chi connectivity index (χ1) is 11.5. The fourth-order valence-corrected chi connectivity index (χ4v) is 3.75. The van der Waals surface area contributed by atoms with Crippen LogP contribution in [0.5, 0.6) is 0 Å². The van der Waals surface area contributed by atoms with E-state index in [1.165, 1.54) is 6.07 Å². The molecule has 1 fully saturated rings. The van der Waals surface area contributed by atoms with Gasteiger partial charge in [-0.05, 0) is 66.5 Å². The lowest BCUT2D eigenvalue weighted by Gasteiger charge is -2.30. The second-order valence-electron chi connectivity index (χ2n) is 6.61. The number of carbonyl (C=O) groups is 1. The molecule has 2 nitrogen and oxygen atoms in total. The van der Waals surface area contributed by atoms with Gasteiger partial charge < -0.3 is 5.73 Å². The van der Waals surface area contributed by atoms with E-state index < -0.39 is 11.3 Å². The Balaban J connectivity index is 2.04. The van der Waals surface area contributed by atoms with Crippen molar-refractivity contribution in [3.05, 3.63) is 69.4 Å². The quantitative estimate of drug-likeness (QED) is 0.754. The molecule has 1 unspecified atom stereocenters. The normalized spacial score (nSPS) is 16.6. The molecule has 3 rings (SSSR count). The topological polar surface area (TPSA) is 43.1 Å². The van der Waals surface area contributed by atoms with Crippen molar-refractivity contribution in [3.8, 4) is 0 Å². The Hall–Kier alpha value is -1.68. The van der Waals surface area contributed by atoms with Crippen LogP contribution in [-0.2, 0) is 16.6 Å². The smallest absolute Gasteiger partial charge is 0.228 e. The van der Waals surface area contributed by atoms with E-state index in [9.17, 15) is 9.18 Å². The van der Waals surface area contributed by atoms with Gasteiger partial charge in [0.25, 0.3) is 0 Å². The molecule has 0 bridgehead atoms. The minimum atomic E-state index is -0.910. The average Bonchev–Trinajstić information content (AvgIpc) is 3.39. The Morgan fingerprint density at radius 3 is 2.62 bits per heavy atom. The summed E-state index contributed by atoms with van der Waals surface area (Å²) in [5.74, 6) is -0.146. The highest BCUT2D eigenvalue weighted by Crippen LogP contribution is 2.41. The Bertz CT molecular complexity index is 772. The lowest BCUT2D eigenvalue weighted by molar-refractivity contribution is -0.123. The molecule has 2 aromatic carbocycles. The number of amides is 1. The zero-order valence-corrected chi connectivity index (χ0v) is 15.3. The Morgan fingerprint density at radius 1 is 1.29 bits per heavy atom. The van der Waals surface area contributed by atoms with Gasteiger partial charge in [0.15, 0.2) is 0 Å². The highest BCUT2D eigenvalue weighted by molar-refractivity contribution is 9.10. The number of carbonyl (C=O) groups excluding carboxylic acids is 1. The Labute approximate surface area is 150 Å². The second-order valence-corrected chi connectivity index (χ2v) is 7.53. The summed E-state index contributed by atoms with van der Waals surface area (Å²) >= 11 is 3.45. The summed E-state index contributed by atoms with van der Waals surface area (Å²) in [7, 11) is 0.